The molecule has 0 radical (unpaired) electrons. The summed E-state index contributed by atoms with van der Waals surface area (Å²) in [6.45, 7) is -0.645. The maximum atomic E-state index is 14.7. The number of nitrogens with zero attached hydrogens (tertiary/aromatic N) is 1. The Labute approximate surface area is 192 Å². The van der Waals surface area contributed by atoms with Gasteiger partial charge in [0, 0.05) is 0 Å². The summed E-state index contributed by atoms with van der Waals surface area (Å²) >= 11 is 3.22. The largest absolute Gasteiger partial charge is 0.461 e. The first-order valence-electron chi connectivity index (χ1n) is 9.52. The van der Waals surface area contributed by atoms with Crippen molar-refractivity contribution < 1.29 is 38.5 Å². The van der Waals surface area contributed by atoms with Crippen LogP contribution in [-0.2, 0) is 27.5 Å². The molecule has 2 rings (SSSR count). The van der Waals surface area contributed by atoms with Gasteiger partial charge in [-0.1, -0.05) is 45.4 Å². The van der Waals surface area contributed by atoms with Gasteiger partial charge in [-0.2, -0.15) is 0 Å². The fraction of sp³-hybridized carbons (Fsp3) is 0.318. The van der Waals surface area contributed by atoms with E-state index < -0.39 is 29.0 Å². The fourth-order valence-electron chi connectivity index (χ4n) is 2.56. The van der Waals surface area contributed by atoms with Gasteiger partial charge in [0.15, 0.2) is 12.3 Å². The lowest BCUT2D eigenvalue weighted by atomic mass is 10.1. The summed E-state index contributed by atoms with van der Waals surface area (Å²) in [5, 5.41) is 21.5. The van der Waals surface area contributed by atoms with Crippen LogP contribution in [0.2, 0.25) is 0 Å². The number of hydrogen-bond donors (Lipinski definition) is 2. The Bertz CT molecular complexity index is 906. The van der Waals surface area contributed by atoms with Crippen LogP contribution in [0.15, 0.2) is 53.7 Å². The summed E-state index contributed by atoms with van der Waals surface area (Å²) in [7, 11) is 1.24. The molecule has 10 heteroatoms. The molecule has 2 N–H and O–H groups in total. The van der Waals surface area contributed by atoms with Crippen LogP contribution in [0.25, 0.3) is 0 Å². The Morgan fingerprint density at radius 2 is 1.50 bits per heavy atom. The molecule has 0 unspecified atom stereocenters. The lowest BCUT2D eigenvalue weighted by Gasteiger charge is -2.24. The highest BCUT2D eigenvalue weighted by Crippen LogP contribution is 2.19. The molecule has 0 bridgehead atoms. The number of oxime groups is 1. The zero-order valence-corrected chi connectivity index (χ0v) is 18.8. The predicted molar refractivity (Wildman–Crippen MR) is 117 cm³/mol. The van der Waals surface area contributed by atoms with Gasteiger partial charge in [0.25, 0.3) is 0 Å². The smallest absolute Gasteiger partial charge is 0.338 e. The van der Waals surface area contributed by atoms with Gasteiger partial charge in [0.2, 0.25) is 0 Å². The third-order valence-corrected chi connectivity index (χ3v) is 5.13. The van der Waals surface area contributed by atoms with Crippen LogP contribution >= 0.6 is 15.9 Å². The van der Waals surface area contributed by atoms with Crippen molar-refractivity contribution in [3.05, 3.63) is 70.8 Å². The van der Waals surface area contributed by atoms with Crippen molar-refractivity contribution in [2.75, 3.05) is 13.7 Å². The average molecular weight is 512 g/mol. The summed E-state index contributed by atoms with van der Waals surface area (Å²) in [4.78, 5) is 28.3. The van der Waals surface area contributed by atoms with Crippen LogP contribution in [0, 0.1) is 0 Å². The zero-order chi connectivity index (χ0) is 23.5. The van der Waals surface area contributed by atoms with Crippen LogP contribution in [0.3, 0.4) is 0 Å². The molecular formula is C22H23BrFNO7. The van der Waals surface area contributed by atoms with Gasteiger partial charge >= 0.3 is 11.9 Å². The molecule has 8 nitrogen and oxygen atoms in total. The molecule has 0 aliphatic rings. The molecular weight excluding hydrogens is 489 g/mol. The third-order valence-electron chi connectivity index (χ3n) is 4.34. The van der Waals surface area contributed by atoms with Crippen molar-refractivity contribution in [3.63, 3.8) is 0 Å². The van der Waals surface area contributed by atoms with E-state index in [0.717, 1.165) is 6.21 Å². The lowest BCUT2D eigenvalue weighted by molar-refractivity contribution is 0.00845. The van der Waals surface area contributed by atoms with E-state index >= 15 is 0 Å². The number of benzene rings is 2. The van der Waals surface area contributed by atoms with Crippen LogP contribution < -0.4 is 0 Å². The maximum absolute atomic E-state index is 14.7. The first-order valence-corrected chi connectivity index (χ1v) is 10.4. The molecule has 0 spiro atoms. The second-order valence-electron chi connectivity index (χ2n) is 6.58. The monoisotopic (exact) mass is 511 g/mol. The van der Waals surface area contributed by atoms with Crippen molar-refractivity contribution in [1.82, 2.24) is 0 Å². The average Bonchev–Trinajstić information content (AvgIpc) is 2.83. The first-order chi connectivity index (χ1) is 15.4. The molecule has 0 saturated heterocycles. The highest BCUT2D eigenvalue weighted by molar-refractivity contribution is 9.09. The number of aliphatic hydroxyl groups excluding tert-OH is 2. The zero-order valence-electron chi connectivity index (χ0n) is 17.2. The molecule has 0 heterocycles. The normalized spacial score (nSPS) is 13.9. The minimum Gasteiger partial charge on any atom is -0.461 e. The van der Waals surface area contributed by atoms with Gasteiger partial charge in [-0.05, 0) is 35.4 Å². The fourth-order valence-corrected chi connectivity index (χ4v) is 3.09. The Morgan fingerprint density at radius 3 is 1.97 bits per heavy atom. The molecule has 0 amide bonds. The molecule has 3 atom stereocenters. The third kappa shape index (κ3) is 7.40. The quantitative estimate of drug-likeness (QED) is 0.206. The standard InChI is InChI=1S/C22H23BrFNO7/c1-30-25-10-19(24)20(32-22(29)17-8-4-15(12-27)5-9-17)18(23)13-31-21(28)16-6-2-14(11-26)3-7-16/h2-10,18-20,26-27H,11-13H2,1H3/t18-,19+,20+/m0/s1. The summed E-state index contributed by atoms with van der Waals surface area (Å²) < 4.78 is 25.2. The van der Waals surface area contributed by atoms with Gasteiger partial charge in [-0.25, -0.2) is 14.0 Å². The van der Waals surface area contributed by atoms with E-state index in [2.05, 4.69) is 25.9 Å². The number of ether oxygens (including phenoxy) is 2. The van der Waals surface area contributed by atoms with E-state index in [-0.39, 0.29) is 30.9 Å². The van der Waals surface area contributed by atoms with Crippen molar-refractivity contribution in [1.29, 1.82) is 0 Å². The molecule has 0 aliphatic heterocycles. The summed E-state index contributed by atoms with van der Waals surface area (Å²) in [6, 6.07) is 12.1. The first kappa shape index (κ1) is 25.4. The van der Waals surface area contributed by atoms with Gasteiger partial charge < -0.3 is 24.5 Å². The van der Waals surface area contributed by atoms with E-state index in [0.29, 0.717) is 11.1 Å². The molecule has 0 aliphatic carbocycles. The molecule has 2 aromatic carbocycles. The number of rotatable bonds is 11. The number of aliphatic hydroxyl groups is 2. The Kier molecular flexibility index (Phi) is 10.3. The van der Waals surface area contributed by atoms with Gasteiger partial charge in [0.1, 0.15) is 13.7 Å². The number of halogens is 2. The predicted octanol–water partition coefficient (Wildman–Crippen LogP) is 2.79. The van der Waals surface area contributed by atoms with Crippen molar-refractivity contribution in [3.8, 4) is 0 Å². The number of hydrogen-bond acceptors (Lipinski definition) is 8. The second kappa shape index (κ2) is 12.9. The van der Waals surface area contributed by atoms with E-state index in [1.807, 2.05) is 0 Å². The molecule has 2 aromatic rings. The minimum absolute atomic E-state index is 0.156. The van der Waals surface area contributed by atoms with Crippen LogP contribution in [0.4, 0.5) is 4.39 Å². The van der Waals surface area contributed by atoms with E-state index in [1.165, 1.54) is 31.4 Å². The molecule has 0 fully saturated rings. The Balaban J connectivity index is 2.07. The molecule has 0 saturated carbocycles. The van der Waals surface area contributed by atoms with Crippen molar-refractivity contribution >= 4 is 34.1 Å². The Morgan fingerprint density at radius 1 is 1.00 bits per heavy atom. The number of carbonyl (C=O) groups is 2. The maximum Gasteiger partial charge on any atom is 0.338 e. The number of esters is 2. The van der Waals surface area contributed by atoms with Crippen molar-refractivity contribution in [2.24, 2.45) is 5.16 Å². The summed E-state index contributed by atoms with van der Waals surface area (Å²) in [5.74, 6) is -1.46. The lowest BCUT2D eigenvalue weighted by Crippen LogP contribution is -2.39. The highest BCUT2D eigenvalue weighted by atomic mass is 79.9. The second-order valence-corrected chi connectivity index (χ2v) is 7.75. The van der Waals surface area contributed by atoms with Gasteiger partial charge in [-0.15, -0.1) is 0 Å². The van der Waals surface area contributed by atoms with Gasteiger partial charge in [-0.3, -0.25) is 0 Å². The van der Waals surface area contributed by atoms with E-state index in [9.17, 15) is 14.0 Å². The minimum atomic E-state index is -1.86. The van der Waals surface area contributed by atoms with Crippen LogP contribution in [0.5, 0.6) is 0 Å². The van der Waals surface area contributed by atoms with Crippen molar-refractivity contribution in [2.45, 2.75) is 30.3 Å². The topological polar surface area (TPSA) is 115 Å². The summed E-state index contributed by atoms with van der Waals surface area (Å²) in [6.07, 6.45) is -2.41. The van der Waals surface area contributed by atoms with Crippen LogP contribution in [-0.4, -0.2) is 59.2 Å². The van der Waals surface area contributed by atoms with E-state index in [1.54, 1.807) is 24.3 Å². The number of carbonyl (C=O) groups excluding carboxylic acids is 2. The molecule has 172 valence electrons. The van der Waals surface area contributed by atoms with Gasteiger partial charge in [0.05, 0.1) is 35.4 Å². The summed E-state index contributed by atoms with van der Waals surface area (Å²) in [5.41, 5.74) is 1.64. The number of alkyl halides is 2. The SMILES string of the molecule is CON=C[C@@H](F)[C@H](OC(=O)c1ccc(CO)cc1)[C@@H](Br)COC(=O)c1ccc(CO)cc1. The molecule has 0 aromatic heterocycles. The Hall–Kier alpha value is -2.82. The van der Waals surface area contributed by atoms with Crippen LogP contribution in [0.1, 0.15) is 31.8 Å². The van der Waals surface area contributed by atoms with E-state index in [4.69, 9.17) is 19.7 Å². The highest BCUT2D eigenvalue weighted by Gasteiger charge is 2.32. The molecule has 32 heavy (non-hydrogen) atoms.